The van der Waals surface area contributed by atoms with Crippen LogP contribution in [-0.2, 0) is 9.53 Å². The highest BCUT2D eigenvalue weighted by Gasteiger charge is 2.32. The van der Waals surface area contributed by atoms with Crippen molar-refractivity contribution in [3.05, 3.63) is 16.5 Å². The molecule has 8 nitrogen and oxygen atoms in total. The van der Waals surface area contributed by atoms with Crippen LogP contribution in [0.4, 0.5) is 5.95 Å². The molecule has 1 N–H and O–H groups in total. The minimum Gasteiger partial charge on any atom is -0.478 e. The third-order valence-corrected chi connectivity index (χ3v) is 5.61. The van der Waals surface area contributed by atoms with Gasteiger partial charge in [-0.1, -0.05) is 11.6 Å². The molecule has 0 unspecified atom stereocenters. The lowest BCUT2D eigenvalue weighted by Gasteiger charge is -2.32. The third-order valence-electron chi connectivity index (χ3n) is 4.39. The van der Waals surface area contributed by atoms with Crippen molar-refractivity contribution in [2.75, 3.05) is 24.6 Å². The van der Waals surface area contributed by atoms with E-state index in [0.717, 1.165) is 30.8 Å². The van der Waals surface area contributed by atoms with Crippen LogP contribution >= 0.6 is 22.9 Å². The highest BCUT2D eigenvalue weighted by atomic mass is 35.5. The van der Waals surface area contributed by atoms with E-state index in [1.165, 1.54) is 25.2 Å². The Morgan fingerprint density at radius 1 is 1.32 bits per heavy atom. The van der Waals surface area contributed by atoms with E-state index in [1.54, 1.807) is 6.07 Å². The Kier molecular flexibility index (Phi) is 6.36. The Bertz CT molecular complexity index is 837. The van der Waals surface area contributed by atoms with Gasteiger partial charge < -0.3 is 19.5 Å². The summed E-state index contributed by atoms with van der Waals surface area (Å²) in [4.78, 5) is 27.5. The van der Waals surface area contributed by atoms with Gasteiger partial charge in [-0.3, -0.25) is 0 Å². The number of piperidine rings is 1. The predicted molar refractivity (Wildman–Crippen MR) is 107 cm³/mol. The molecule has 1 fully saturated rings. The molecule has 0 amide bonds. The summed E-state index contributed by atoms with van der Waals surface area (Å²) >= 11 is 7.38. The molecule has 1 aliphatic heterocycles. The van der Waals surface area contributed by atoms with Gasteiger partial charge in [0.15, 0.2) is 5.82 Å². The van der Waals surface area contributed by atoms with E-state index in [0.29, 0.717) is 22.7 Å². The molecular formula is C18H23ClN4O4S. The summed E-state index contributed by atoms with van der Waals surface area (Å²) in [5.41, 5.74) is -1.47. The molecule has 0 atom stereocenters. The largest absolute Gasteiger partial charge is 0.478 e. The Labute approximate surface area is 172 Å². The Morgan fingerprint density at radius 3 is 2.61 bits per heavy atom. The number of hydrogen-bond donors (Lipinski definition) is 1. The Hall–Kier alpha value is -1.97. The minimum atomic E-state index is -1.47. The van der Waals surface area contributed by atoms with Crippen LogP contribution in [0.3, 0.4) is 0 Å². The number of thiophene rings is 1. The average Bonchev–Trinajstić information content (AvgIpc) is 3.08. The third kappa shape index (κ3) is 4.89. The maximum Gasteiger partial charge on any atom is 0.347 e. The van der Waals surface area contributed by atoms with Crippen LogP contribution < -0.4 is 9.64 Å². The predicted octanol–water partition coefficient (Wildman–Crippen LogP) is 3.50. The summed E-state index contributed by atoms with van der Waals surface area (Å²) in [6, 6.07) is 3.56. The first-order valence-corrected chi connectivity index (χ1v) is 10.3. The van der Waals surface area contributed by atoms with Gasteiger partial charge in [0.25, 0.3) is 0 Å². The van der Waals surface area contributed by atoms with Crippen molar-refractivity contribution in [2.45, 2.75) is 45.3 Å². The highest BCUT2D eigenvalue weighted by molar-refractivity contribution is 7.19. The van der Waals surface area contributed by atoms with Gasteiger partial charge in [0.05, 0.1) is 15.3 Å². The molecule has 0 bridgehead atoms. The van der Waals surface area contributed by atoms with Gasteiger partial charge in [-0.25, -0.2) is 4.79 Å². The van der Waals surface area contributed by atoms with Crippen molar-refractivity contribution >= 4 is 34.9 Å². The van der Waals surface area contributed by atoms with E-state index in [1.807, 2.05) is 17.9 Å². The summed E-state index contributed by atoms with van der Waals surface area (Å²) in [5.74, 6) is -0.238. The van der Waals surface area contributed by atoms with E-state index in [9.17, 15) is 9.90 Å². The van der Waals surface area contributed by atoms with Crippen LogP contribution in [0.2, 0.25) is 4.34 Å². The van der Waals surface area contributed by atoms with Gasteiger partial charge in [0, 0.05) is 19.7 Å². The van der Waals surface area contributed by atoms with Gasteiger partial charge in [-0.2, -0.15) is 15.0 Å². The standard InChI is InChI=1S/C18H23ClN4O4S/c1-4-26-11-7-9-23(10-8-11)16-20-14(12-5-6-13(19)28-12)21-17(22-16)27-18(2,3)15(24)25/h5-6,11H,4,7-10H2,1-3H3,(H,24,25). The molecule has 2 aromatic rings. The Balaban J connectivity index is 1.90. The van der Waals surface area contributed by atoms with Gasteiger partial charge in [-0.15, -0.1) is 11.3 Å². The zero-order chi connectivity index (χ0) is 20.3. The van der Waals surface area contributed by atoms with E-state index in [2.05, 4.69) is 15.0 Å². The number of ether oxygens (including phenoxy) is 2. The topological polar surface area (TPSA) is 97.7 Å². The fourth-order valence-corrected chi connectivity index (χ4v) is 3.78. The van der Waals surface area contributed by atoms with E-state index >= 15 is 0 Å². The van der Waals surface area contributed by atoms with Crippen LogP contribution in [0.15, 0.2) is 12.1 Å². The van der Waals surface area contributed by atoms with Crippen molar-refractivity contribution in [2.24, 2.45) is 0 Å². The molecule has 152 valence electrons. The number of nitrogens with zero attached hydrogens (tertiary/aromatic N) is 4. The molecule has 1 aliphatic rings. The SMILES string of the molecule is CCOC1CCN(c2nc(OC(C)(C)C(=O)O)nc(-c3ccc(Cl)s3)n2)CC1. The molecule has 0 radical (unpaired) electrons. The molecular weight excluding hydrogens is 404 g/mol. The van der Waals surface area contributed by atoms with Crippen molar-refractivity contribution in [1.29, 1.82) is 0 Å². The molecule has 0 aromatic carbocycles. The number of aromatic nitrogens is 3. The number of carbonyl (C=O) groups is 1. The number of hydrogen-bond acceptors (Lipinski definition) is 8. The van der Waals surface area contributed by atoms with E-state index in [-0.39, 0.29) is 12.1 Å². The lowest BCUT2D eigenvalue weighted by atomic mass is 10.1. The van der Waals surface area contributed by atoms with Crippen LogP contribution in [-0.4, -0.2) is 57.4 Å². The second kappa shape index (κ2) is 8.59. The number of carboxylic acid groups (broad SMARTS) is 1. The number of rotatable bonds is 7. The van der Waals surface area contributed by atoms with Gasteiger partial charge >= 0.3 is 12.0 Å². The first-order valence-electron chi connectivity index (χ1n) is 9.09. The zero-order valence-electron chi connectivity index (χ0n) is 16.0. The number of halogens is 1. The van der Waals surface area contributed by atoms with Gasteiger partial charge in [0.2, 0.25) is 11.5 Å². The molecule has 0 spiro atoms. The molecule has 28 heavy (non-hydrogen) atoms. The molecule has 3 rings (SSSR count). The van der Waals surface area contributed by atoms with E-state index < -0.39 is 11.6 Å². The van der Waals surface area contributed by atoms with Crippen molar-refractivity contribution in [1.82, 2.24) is 15.0 Å². The van der Waals surface area contributed by atoms with E-state index in [4.69, 9.17) is 21.1 Å². The quantitative estimate of drug-likeness (QED) is 0.718. The first kappa shape index (κ1) is 20.8. The molecule has 0 saturated carbocycles. The number of aliphatic carboxylic acids is 1. The van der Waals surface area contributed by atoms with Crippen LogP contribution in [0.25, 0.3) is 10.7 Å². The molecule has 0 aliphatic carbocycles. The number of carboxylic acids is 1. The summed E-state index contributed by atoms with van der Waals surface area (Å²) in [6.07, 6.45) is 1.98. The lowest BCUT2D eigenvalue weighted by Crippen LogP contribution is -2.40. The lowest BCUT2D eigenvalue weighted by molar-refractivity contribution is -0.152. The van der Waals surface area contributed by atoms with Crippen molar-refractivity contribution < 1.29 is 19.4 Å². The van der Waals surface area contributed by atoms with Crippen LogP contribution in [0, 0.1) is 0 Å². The normalized spacial score (nSPS) is 15.6. The molecule has 10 heteroatoms. The molecule has 2 aromatic heterocycles. The van der Waals surface area contributed by atoms with Crippen molar-refractivity contribution in [3.8, 4) is 16.7 Å². The Morgan fingerprint density at radius 2 is 2.04 bits per heavy atom. The molecule has 1 saturated heterocycles. The van der Waals surface area contributed by atoms with Crippen LogP contribution in [0.1, 0.15) is 33.6 Å². The first-order chi connectivity index (χ1) is 13.3. The zero-order valence-corrected chi connectivity index (χ0v) is 17.6. The minimum absolute atomic E-state index is 0.0242. The monoisotopic (exact) mass is 426 g/mol. The second-order valence-corrected chi connectivity index (χ2v) is 8.62. The van der Waals surface area contributed by atoms with Crippen molar-refractivity contribution in [3.63, 3.8) is 0 Å². The van der Waals surface area contributed by atoms with Gasteiger partial charge in [-0.05, 0) is 45.7 Å². The van der Waals surface area contributed by atoms with Crippen LogP contribution in [0.5, 0.6) is 6.01 Å². The van der Waals surface area contributed by atoms with Gasteiger partial charge in [0.1, 0.15) is 0 Å². The summed E-state index contributed by atoms with van der Waals surface area (Å²) < 4.78 is 11.9. The average molecular weight is 427 g/mol. The fraction of sp³-hybridized carbons (Fsp3) is 0.556. The maximum absolute atomic E-state index is 11.4. The number of anilines is 1. The second-order valence-electron chi connectivity index (χ2n) is 6.90. The fourth-order valence-electron chi connectivity index (χ4n) is 2.81. The smallest absolute Gasteiger partial charge is 0.347 e. The molecule has 3 heterocycles. The highest BCUT2D eigenvalue weighted by Crippen LogP contribution is 2.31. The summed E-state index contributed by atoms with van der Waals surface area (Å²) in [6.45, 7) is 7.07. The maximum atomic E-state index is 11.4. The summed E-state index contributed by atoms with van der Waals surface area (Å²) in [5, 5.41) is 9.35. The summed E-state index contributed by atoms with van der Waals surface area (Å²) in [7, 11) is 0.